The molecule has 0 aromatic heterocycles. The van der Waals surface area contributed by atoms with Gasteiger partial charge in [-0.1, -0.05) is 58.0 Å². The smallest absolute Gasteiger partial charge is 0.0475 e. The van der Waals surface area contributed by atoms with Gasteiger partial charge in [-0.05, 0) is 25.5 Å². The first-order valence-electron chi connectivity index (χ1n) is 7.64. The van der Waals surface area contributed by atoms with Gasteiger partial charge in [0.2, 0.25) is 0 Å². The number of benzene rings is 1. The maximum atomic E-state index is 3.60. The summed E-state index contributed by atoms with van der Waals surface area (Å²) in [7, 11) is 0. The van der Waals surface area contributed by atoms with Crippen molar-refractivity contribution in [3.05, 3.63) is 35.9 Å². The molecule has 0 bridgehead atoms. The quantitative estimate of drug-likeness (QED) is 0.765. The Bertz CT molecular complexity index is 334. The van der Waals surface area contributed by atoms with Crippen LogP contribution in [0.1, 0.15) is 52.6 Å². The highest BCUT2D eigenvalue weighted by Crippen LogP contribution is 2.23. The Hall–Kier alpha value is -0.860. The van der Waals surface area contributed by atoms with E-state index in [9.17, 15) is 0 Å². The predicted molar refractivity (Wildman–Crippen MR) is 84.5 cm³/mol. The molecule has 0 radical (unpaired) electrons. The Morgan fingerprint density at radius 2 is 1.68 bits per heavy atom. The molecule has 2 unspecified atom stereocenters. The fraction of sp³-hybridized carbons (Fsp3) is 0.647. The lowest BCUT2D eigenvalue weighted by molar-refractivity contribution is 0.143. The molecule has 1 N–H and O–H groups in total. The number of hydrogen-bond donors (Lipinski definition) is 1. The molecule has 0 aliphatic heterocycles. The van der Waals surface area contributed by atoms with E-state index in [1.54, 1.807) is 0 Å². The number of hydrogen-bond acceptors (Lipinski definition) is 2. The molecule has 19 heavy (non-hydrogen) atoms. The Morgan fingerprint density at radius 3 is 2.16 bits per heavy atom. The second kappa shape index (κ2) is 8.34. The number of likely N-dealkylation sites (N-methyl/N-ethyl adjacent to an activating group) is 1. The van der Waals surface area contributed by atoms with Crippen LogP contribution in [-0.2, 0) is 0 Å². The van der Waals surface area contributed by atoms with Crippen LogP contribution in [0.15, 0.2) is 30.3 Å². The van der Waals surface area contributed by atoms with Crippen LogP contribution in [0.4, 0.5) is 0 Å². The molecule has 108 valence electrons. The predicted octanol–water partition coefficient (Wildman–Crippen LogP) is 3.85. The van der Waals surface area contributed by atoms with Crippen LogP contribution in [0.2, 0.25) is 0 Å². The van der Waals surface area contributed by atoms with E-state index in [2.05, 4.69) is 75.2 Å². The van der Waals surface area contributed by atoms with E-state index in [0.29, 0.717) is 18.1 Å². The number of nitrogens with one attached hydrogen (secondary N) is 1. The highest BCUT2D eigenvalue weighted by Gasteiger charge is 2.22. The zero-order valence-electron chi connectivity index (χ0n) is 13.2. The summed E-state index contributed by atoms with van der Waals surface area (Å²) < 4.78 is 0. The minimum atomic E-state index is 0.462. The molecular weight excluding hydrogens is 232 g/mol. The summed E-state index contributed by atoms with van der Waals surface area (Å²) in [5.41, 5.74) is 1.41. The summed E-state index contributed by atoms with van der Waals surface area (Å²) in [4.78, 5) is 2.60. The van der Waals surface area contributed by atoms with Gasteiger partial charge in [0.25, 0.3) is 0 Å². The van der Waals surface area contributed by atoms with Crippen LogP contribution in [-0.4, -0.2) is 30.1 Å². The van der Waals surface area contributed by atoms with Crippen LogP contribution >= 0.6 is 0 Å². The number of nitrogens with zero attached hydrogens (tertiary/aromatic N) is 1. The Morgan fingerprint density at radius 1 is 1.05 bits per heavy atom. The van der Waals surface area contributed by atoms with E-state index in [1.165, 1.54) is 12.0 Å². The van der Waals surface area contributed by atoms with Crippen molar-refractivity contribution in [2.75, 3.05) is 13.1 Å². The standard InChI is InChI=1S/C17H30N2/c1-6-15(5)19(7-2)17(13-18-14(3)4)16-11-9-8-10-12-16/h8-12,14-15,17-18H,6-7,13H2,1-5H3. The molecule has 2 heteroatoms. The van der Waals surface area contributed by atoms with Crippen LogP contribution in [0.5, 0.6) is 0 Å². The van der Waals surface area contributed by atoms with Crippen molar-refractivity contribution in [3.8, 4) is 0 Å². The largest absolute Gasteiger partial charge is 0.313 e. The molecular formula is C17H30N2. The minimum absolute atomic E-state index is 0.462. The molecule has 0 saturated carbocycles. The van der Waals surface area contributed by atoms with E-state index in [1.807, 2.05) is 0 Å². The fourth-order valence-corrected chi connectivity index (χ4v) is 2.52. The molecule has 0 amide bonds. The highest BCUT2D eigenvalue weighted by molar-refractivity contribution is 5.19. The Kier molecular flexibility index (Phi) is 7.11. The lowest BCUT2D eigenvalue weighted by Crippen LogP contribution is -2.42. The third-order valence-corrected chi connectivity index (χ3v) is 3.83. The molecule has 0 fully saturated rings. The monoisotopic (exact) mass is 262 g/mol. The van der Waals surface area contributed by atoms with Crippen molar-refractivity contribution < 1.29 is 0 Å². The van der Waals surface area contributed by atoms with Crippen LogP contribution < -0.4 is 5.32 Å². The van der Waals surface area contributed by atoms with Gasteiger partial charge in [-0.2, -0.15) is 0 Å². The van der Waals surface area contributed by atoms with Crippen molar-refractivity contribution in [1.29, 1.82) is 0 Å². The molecule has 0 aliphatic carbocycles. The molecule has 0 saturated heterocycles. The van der Waals surface area contributed by atoms with E-state index in [4.69, 9.17) is 0 Å². The van der Waals surface area contributed by atoms with Crippen molar-refractivity contribution in [3.63, 3.8) is 0 Å². The van der Waals surface area contributed by atoms with Gasteiger partial charge in [0.05, 0.1) is 0 Å². The SMILES string of the molecule is CCC(C)N(CC)C(CNC(C)C)c1ccccc1. The van der Waals surface area contributed by atoms with Gasteiger partial charge in [-0.25, -0.2) is 0 Å². The van der Waals surface area contributed by atoms with Crippen molar-refractivity contribution in [1.82, 2.24) is 10.2 Å². The second-order valence-electron chi connectivity index (χ2n) is 5.58. The van der Waals surface area contributed by atoms with E-state index in [-0.39, 0.29) is 0 Å². The average Bonchev–Trinajstić information content (AvgIpc) is 2.43. The lowest BCUT2D eigenvalue weighted by atomic mass is 10.0. The molecule has 2 atom stereocenters. The molecule has 2 nitrogen and oxygen atoms in total. The second-order valence-corrected chi connectivity index (χ2v) is 5.58. The van der Waals surface area contributed by atoms with E-state index < -0.39 is 0 Å². The first-order valence-corrected chi connectivity index (χ1v) is 7.64. The summed E-state index contributed by atoms with van der Waals surface area (Å²) in [6, 6.07) is 12.5. The van der Waals surface area contributed by atoms with Gasteiger partial charge in [0, 0.05) is 24.7 Å². The van der Waals surface area contributed by atoms with Crippen molar-refractivity contribution in [2.45, 2.75) is 59.2 Å². The summed E-state index contributed by atoms with van der Waals surface area (Å²) >= 11 is 0. The third-order valence-electron chi connectivity index (χ3n) is 3.83. The van der Waals surface area contributed by atoms with Gasteiger partial charge >= 0.3 is 0 Å². The molecule has 1 aromatic carbocycles. The van der Waals surface area contributed by atoms with Gasteiger partial charge in [0.15, 0.2) is 0 Å². The normalized spacial score (nSPS) is 14.9. The average molecular weight is 262 g/mol. The number of rotatable bonds is 8. The van der Waals surface area contributed by atoms with Crippen molar-refractivity contribution >= 4 is 0 Å². The zero-order chi connectivity index (χ0) is 14.3. The first-order chi connectivity index (χ1) is 9.10. The summed E-state index contributed by atoms with van der Waals surface area (Å²) in [6.45, 7) is 13.4. The van der Waals surface area contributed by atoms with Gasteiger partial charge < -0.3 is 5.32 Å². The van der Waals surface area contributed by atoms with Gasteiger partial charge in [0.1, 0.15) is 0 Å². The van der Waals surface area contributed by atoms with Gasteiger partial charge in [-0.3, -0.25) is 4.90 Å². The molecule has 1 rings (SSSR count). The highest BCUT2D eigenvalue weighted by atomic mass is 15.2. The minimum Gasteiger partial charge on any atom is -0.313 e. The van der Waals surface area contributed by atoms with Crippen LogP contribution in [0, 0.1) is 0 Å². The fourth-order valence-electron chi connectivity index (χ4n) is 2.52. The summed E-state index contributed by atoms with van der Waals surface area (Å²) in [5.74, 6) is 0. The van der Waals surface area contributed by atoms with Crippen molar-refractivity contribution in [2.24, 2.45) is 0 Å². The molecule has 0 aliphatic rings. The summed E-state index contributed by atoms with van der Waals surface area (Å²) in [5, 5.41) is 3.60. The van der Waals surface area contributed by atoms with E-state index >= 15 is 0 Å². The summed E-state index contributed by atoms with van der Waals surface area (Å²) in [6.07, 6.45) is 1.19. The Labute approximate surface area is 119 Å². The lowest BCUT2D eigenvalue weighted by Gasteiger charge is -2.36. The van der Waals surface area contributed by atoms with Crippen LogP contribution in [0.3, 0.4) is 0 Å². The maximum Gasteiger partial charge on any atom is 0.0475 e. The maximum absolute atomic E-state index is 3.60. The molecule has 1 aromatic rings. The zero-order valence-corrected chi connectivity index (χ0v) is 13.2. The topological polar surface area (TPSA) is 15.3 Å². The van der Waals surface area contributed by atoms with Gasteiger partial charge in [-0.15, -0.1) is 0 Å². The van der Waals surface area contributed by atoms with Crippen LogP contribution in [0.25, 0.3) is 0 Å². The first kappa shape index (κ1) is 16.2. The Balaban J connectivity index is 2.90. The molecule has 0 spiro atoms. The molecule has 0 heterocycles. The third kappa shape index (κ3) is 4.96. The van der Waals surface area contributed by atoms with E-state index in [0.717, 1.165) is 13.1 Å².